The highest BCUT2D eigenvalue weighted by Gasteiger charge is 2.29. The largest absolute Gasteiger partial charge is 0.489 e. The molecule has 2 unspecified atom stereocenters. The first-order valence-corrected chi connectivity index (χ1v) is 8.68. The zero-order chi connectivity index (χ0) is 17.5. The van der Waals surface area contributed by atoms with E-state index in [4.69, 9.17) is 9.47 Å². The molecule has 2 atom stereocenters. The lowest BCUT2D eigenvalue weighted by Gasteiger charge is -2.26. The van der Waals surface area contributed by atoms with E-state index in [1.54, 1.807) is 18.2 Å². The molecule has 7 nitrogen and oxygen atoms in total. The van der Waals surface area contributed by atoms with Crippen LogP contribution in [0.2, 0.25) is 0 Å². The second-order valence-corrected chi connectivity index (χ2v) is 6.26. The zero-order valence-corrected chi connectivity index (χ0v) is 14.2. The summed E-state index contributed by atoms with van der Waals surface area (Å²) in [5.74, 6) is -0.192. The van der Waals surface area contributed by atoms with E-state index >= 15 is 0 Å². The van der Waals surface area contributed by atoms with Crippen molar-refractivity contribution in [1.29, 1.82) is 0 Å². The average Bonchev–Trinajstić information content (AvgIpc) is 3.11. The highest BCUT2D eigenvalue weighted by molar-refractivity contribution is 5.82. The van der Waals surface area contributed by atoms with Gasteiger partial charge in [0.1, 0.15) is 12.6 Å². The summed E-state index contributed by atoms with van der Waals surface area (Å²) in [4.78, 5) is 14.5. The van der Waals surface area contributed by atoms with E-state index in [0.29, 0.717) is 19.6 Å². The van der Waals surface area contributed by atoms with Crippen molar-refractivity contribution < 1.29 is 18.7 Å². The Labute approximate surface area is 146 Å². The Morgan fingerprint density at radius 1 is 1.32 bits per heavy atom. The summed E-state index contributed by atoms with van der Waals surface area (Å²) in [6, 6.07) is 5.94. The summed E-state index contributed by atoms with van der Waals surface area (Å²) >= 11 is 0. The number of para-hydroxylation sites is 1. The van der Waals surface area contributed by atoms with Crippen LogP contribution in [0, 0.1) is 5.82 Å². The topological polar surface area (TPSA) is 74.9 Å². The van der Waals surface area contributed by atoms with Crippen molar-refractivity contribution in [3.05, 3.63) is 30.1 Å². The minimum absolute atomic E-state index is 0.0332. The van der Waals surface area contributed by atoms with Crippen LogP contribution in [-0.4, -0.2) is 68.9 Å². The second kappa shape index (κ2) is 9.10. The van der Waals surface area contributed by atoms with Crippen molar-refractivity contribution in [2.75, 3.05) is 46.0 Å². The summed E-state index contributed by atoms with van der Waals surface area (Å²) < 4.78 is 24.3. The number of nitrogens with zero attached hydrogens (tertiary/aromatic N) is 1. The van der Waals surface area contributed by atoms with E-state index in [1.165, 1.54) is 6.07 Å². The Kier molecular flexibility index (Phi) is 6.57. The van der Waals surface area contributed by atoms with Crippen molar-refractivity contribution in [2.45, 2.75) is 18.5 Å². The molecule has 0 aromatic heterocycles. The number of nitrogens with one attached hydrogen (secondary N) is 3. The maximum Gasteiger partial charge on any atom is 0.238 e. The van der Waals surface area contributed by atoms with Crippen LogP contribution in [0.1, 0.15) is 6.42 Å². The van der Waals surface area contributed by atoms with Gasteiger partial charge in [-0.15, -0.1) is 0 Å². The molecule has 25 heavy (non-hydrogen) atoms. The molecular formula is C17H25FN4O3. The fourth-order valence-electron chi connectivity index (χ4n) is 2.94. The maximum absolute atomic E-state index is 13.5. The Morgan fingerprint density at radius 3 is 2.92 bits per heavy atom. The molecule has 2 heterocycles. The van der Waals surface area contributed by atoms with Gasteiger partial charge >= 0.3 is 0 Å². The number of ether oxygens (including phenoxy) is 2. The molecule has 1 aromatic carbocycles. The minimum atomic E-state index is -0.383. The van der Waals surface area contributed by atoms with E-state index in [0.717, 1.165) is 32.8 Å². The highest BCUT2D eigenvalue weighted by atomic mass is 19.1. The molecule has 2 aliphatic heterocycles. The summed E-state index contributed by atoms with van der Waals surface area (Å²) in [7, 11) is 0. The van der Waals surface area contributed by atoms with Crippen LogP contribution in [0.3, 0.4) is 0 Å². The molecule has 0 saturated carbocycles. The number of amides is 1. The predicted molar refractivity (Wildman–Crippen MR) is 90.6 cm³/mol. The zero-order valence-electron chi connectivity index (χ0n) is 14.2. The van der Waals surface area contributed by atoms with E-state index in [-0.39, 0.29) is 29.6 Å². The summed E-state index contributed by atoms with van der Waals surface area (Å²) in [6.07, 6.45) is 0.595. The number of benzene rings is 1. The Balaban J connectivity index is 1.34. The standard InChI is InChI=1S/C17H25FN4O3/c18-14-3-1-2-4-16(14)25-12-13-11-15(21-20-13)17(23)19-5-6-22-7-9-24-10-8-22/h1-4,13,15,20-21H,5-12H2,(H,19,23). The lowest BCUT2D eigenvalue weighted by atomic mass is 10.1. The third-order valence-corrected chi connectivity index (χ3v) is 4.41. The number of hydrogen-bond acceptors (Lipinski definition) is 6. The Bertz CT molecular complexity index is 569. The first-order chi connectivity index (χ1) is 12.2. The number of rotatable bonds is 7. The Morgan fingerprint density at radius 2 is 2.12 bits per heavy atom. The fourth-order valence-corrected chi connectivity index (χ4v) is 2.94. The SMILES string of the molecule is O=C(NCCN1CCOCC1)C1CC(COc2ccccc2F)NN1. The van der Waals surface area contributed by atoms with E-state index in [1.807, 2.05) is 0 Å². The van der Waals surface area contributed by atoms with Gasteiger partial charge in [-0.3, -0.25) is 15.1 Å². The van der Waals surface area contributed by atoms with Crippen LogP contribution in [-0.2, 0) is 9.53 Å². The van der Waals surface area contributed by atoms with Crippen molar-refractivity contribution >= 4 is 5.91 Å². The van der Waals surface area contributed by atoms with Crippen LogP contribution in [0.5, 0.6) is 5.75 Å². The van der Waals surface area contributed by atoms with Crippen molar-refractivity contribution in [3.8, 4) is 5.75 Å². The van der Waals surface area contributed by atoms with Crippen LogP contribution in [0.15, 0.2) is 24.3 Å². The lowest BCUT2D eigenvalue weighted by Crippen LogP contribution is -2.46. The molecule has 0 spiro atoms. The predicted octanol–water partition coefficient (Wildman–Crippen LogP) is -0.112. The molecule has 1 amide bonds. The van der Waals surface area contributed by atoms with Crippen LogP contribution < -0.4 is 20.9 Å². The monoisotopic (exact) mass is 352 g/mol. The van der Waals surface area contributed by atoms with Gasteiger partial charge in [0.2, 0.25) is 5.91 Å². The van der Waals surface area contributed by atoms with Gasteiger partial charge < -0.3 is 14.8 Å². The average molecular weight is 352 g/mol. The molecule has 2 saturated heterocycles. The van der Waals surface area contributed by atoms with Crippen LogP contribution >= 0.6 is 0 Å². The molecule has 3 rings (SSSR count). The lowest BCUT2D eigenvalue weighted by molar-refractivity contribution is -0.123. The molecule has 2 fully saturated rings. The molecule has 0 bridgehead atoms. The number of carbonyl (C=O) groups excluding carboxylic acids is 1. The van der Waals surface area contributed by atoms with E-state index in [9.17, 15) is 9.18 Å². The quantitative estimate of drug-likeness (QED) is 0.636. The molecule has 1 aromatic rings. The number of carbonyl (C=O) groups is 1. The van der Waals surface area contributed by atoms with Gasteiger partial charge in [-0.2, -0.15) is 0 Å². The smallest absolute Gasteiger partial charge is 0.238 e. The number of hydrazine groups is 1. The van der Waals surface area contributed by atoms with Gasteiger partial charge in [0, 0.05) is 26.2 Å². The first kappa shape index (κ1) is 18.1. The third kappa shape index (κ3) is 5.37. The molecular weight excluding hydrogens is 327 g/mol. The first-order valence-electron chi connectivity index (χ1n) is 8.68. The molecule has 138 valence electrons. The van der Waals surface area contributed by atoms with Crippen LogP contribution in [0.4, 0.5) is 4.39 Å². The Hall–Kier alpha value is -1.74. The van der Waals surface area contributed by atoms with E-state index < -0.39 is 0 Å². The van der Waals surface area contributed by atoms with Crippen molar-refractivity contribution in [2.24, 2.45) is 0 Å². The van der Waals surface area contributed by atoms with Crippen molar-refractivity contribution in [3.63, 3.8) is 0 Å². The summed E-state index contributed by atoms with van der Waals surface area (Å²) in [6.45, 7) is 5.08. The van der Waals surface area contributed by atoms with Gasteiger partial charge in [-0.25, -0.2) is 9.82 Å². The van der Waals surface area contributed by atoms with Gasteiger partial charge in [-0.05, 0) is 18.6 Å². The molecule has 8 heteroatoms. The summed E-state index contributed by atoms with van der Waals surface area (Å²) in [5.41, 5.74) is 6.01. The van der Waals surface area contributed by atoms with Crippen LogP contribution in [0.25, 0.3) is 0 Å². The van der Waals surface area contributed by atoms with Gasteiger partial charge in [0.25, 0.3) is 0 Å². The number of halogens is 1. The third-order valence-electron chi connectivity index (χ3n) is 4.41. The van der Waals surface area contributed by atoms with Gasteiger partial charge in [0.15, 0.2) is 11.6 Å². The maximum atomic E-state index is 13.5. The summed E-state index contributed by atoms with van der Waals surface area (Å²) in [5, 5.41) is 2.95. The van der Waals surface area contributed by atoms with E-state index in [2.05, 4.69) is 21.1 Å². The number of morpholine rings is 1. The highest BCUT2D eigenvalue weighted by Crippen LogP contribution is 2.16. The molecule has 0 aliphatic carbocycles. The van der Waals surface area contributed by atoms with Crippen molar-refractivity contribution in [1.82, 2.24) is 21.1 Å². The second-order valence-electron chi connectivity index (χ2n) is 6.26. The normalized spacial score (nSPS) is 24.2. The minimum Gasteiger partial charge on any atom is -0.489 e. The van der Waals surface area contributed by atoms with Gasteiger partial charge in [-0.1, -0.05) is 12.1 Å². The number of hydrogen-bond donors (Lipinski definition) is 3. The molecule has 0 radical (unpaired) electrons. The van der Waals surface area contributed by atoms with Gasteiger partial charge in [0.05, 0.1) is 19.3 Å². The fraction of sp³-hybridized carbons (Fsp3) is 0.588. The molecule has 3 N–H and O–H groups in total. The molecule has 2 aliphatic rings.